The summed E-state index contributed by atoms with van der Waals surface area (Å²) in [6.07, 6.45) is 1.43. The van der Waals surface area contributed by atoms with E-state index in [1.807, 2.05) is 0 Å². The molecular weight excluding hydrogens is 387 g/mol. The fraction of sp³-hybridized carbons (Fsp3) is 0.250. The van der Waals surface area contributed by atoms with Crippen molar-refractivity contribution >= 4 is 5.70 Å². The predicted molar refractivity (Wildman–Crippen MR) is 75.2 cm³/mol. The van der Waals surface area contributed by atoms with Crippen LogP contribution in [0.3, 0.4) is 0 Å². The van der Waals surface area contributed by atoms with Crippen LogP contribution in [0.25, 0.3) is 5.70 Å². The molecular formula is C16H14F4NOY-. The fourth-order valence-corrected chi connectivity index (χ4v) is 2.13. The summed E-state index contributed by atoms with van der Waals surface area (Å²) in [5.74, 6) is -1.83. The summed E-state index contributed by atoms with van der Waals surface area (Å²) in [4.78, 5) is 1.06. The maximum absolute atomic E-state index is 14.2. The molecule has 0 amide bonds. The van der Waals surface area contributed by atoms with Gasteiger partial charge >= 0.3 is 0 Å². The molecule has 2 nitrogen and oxygen atoms in total. The van der Waals surface area contributed by atoms with Gasteiger partial charge in [-0.1, -0.05) is 19.2 Å². The monoisotopic (exact) mass is 401 g/mol. The van der Waals surface area contributed by atoms with Crippen molar-refractivity contribution in [3.05, 3.63) is 59.3 Å². The minimum Gasteiger partial charge on any atom is -0.497 e. The Morgan fingerprint density at radius 1 is 1.26 bits per heavy atom. The van der Waals surface area contributed by atoms with Crippen LogP contribution in [0, 0.1) is 17.7 Å². The summed E-state index contributed by atoms with van der Waals surface area (Å²) in [7, 11) is 1.27. The average molecular weight is 401 g/mol. The Bertz CT molecular complexity index is 647. The van der Waals surface area contributed by atoms with E-state index in [0.29, 0.717) is 5.57 Å². The van der Waals surface area contributed by atoms with E-state index in [1.54, 1.807) is 6.92 Å². The van der Waals surface area contributed by atoms with Gasteiger partial charge in [-0.15, -0.1) is 5.57 Å². The summed E-state index contributed by atoms with van der Waals surface area (Å²) >= 11 is 0. The van der Waals surface area contributed by atoms with Crippen molar-refractivity contribution in [1.82, 2.24) is 4.90 Å². The van der Waals surface area contributed by atoms with Gasteiger partial charge in [0.05, 0.1) is 25.3 Å². The molecule has 0 saturated carbocycles. The van der Waals surface area contributed by atoms with Crippen LogP contribution in [0.15, 0.2) is 36.1 Å². The van der Waals surface area contributed by atoms with Gasteiger partial charge < -0.3 is 9.64 Å². The summed E-state index contributed by atoms with van der Waals surface area (Å²) in [6.45, 7) is 4.63. The van der Waals surface area contributed by atoms with E-state index >= 15 is 0 Å². The molecule has 1 aromatic carbocycles. The molecule has 1 aliphatic rings. The molecule has 1 radical (unpaired) electrons. The van der Waals surface area contributed by atoms with Crippen molar-refractivity contribution in [3.8, 4) is 5.75 Å². The first kappa shape index (κ1) is 19.9. The first-order valence-corrected chi connectivity index (χ1v) is 6.43. The minimum absolute atomic E-state index is 0. The zero-order chi connectivity index (χ0) is 16.4. The third-order valence-corrected chi connectivity index (χ3v) is 3.29. The third-order valence-electron chi connectivity index (χ3n) is 3.29. The van der Waals surface area contributed by atoms with E-state index in [0.717, 1.165) is 17.0 Å². The van der Waals surface area contributed by atoms with Crippen molar-refractivity contribution in [3.63, 3.8) is 0 Å². The van der Waals surface area contributed by atoms with Gasteiger partial charge in [0.1, 0.15) is 5.75 Å². The number of allylic oxidation sites excluding steroid dienone is 3. The van der Waals surface area contributed by atoms with E-state index < -0.39 is 30.2 Å². The van der Waals surface area contributed by atoms with Gasteiger partial charge in [-0.2, -0.15) is 12.2 Å². The number of methoxy groups -OCH3 is 1. The largest absolute Gasteiger partial charge is 0.497 e. The SMILES string of the molecule is C=C1C(C)=C[C-]=C(c2c(F)cc(OC)cc2F)N1CC(F)F.[Y]. The number of benzene rings is 1. The Hall–Kier alpha value is -1.14. The van der Waals surface area contributed by atoms with Gasteiger partial charge in [-0.3, -0.25) is 0 Å². The Morgan fingerprint density at radius 2 is 1.83 bits per heavy atom. The molecule has 2 rings (SSSR count). The quantitative estimate of drug-likeness (QED) is 0.555. The number of hydrogen-bond donors (Lipinski definition) is 0. The van der Waals surface area contributed by atoms with E-state index in [9.17, 15) is 17.6 Å². The Balaban J connectivity index is 0.00000264. The van der Waals surface area contributed by atoms with Crippen LogP contribution in [0.4, 0.5) is 17.6 Å². The van der Waals surface area contributed by atoms with Gasteiger partial charge in [0.15, 0.2) is 0 Å². The van der Waals surface area contributed by atoms with Gasteiger partial charge in [0.25, 0.3) is 6.43 Å². The van der Waals surface area contributed by atoms with Gasteiger partial charge in [0, 0.05) is 44.8 Å². The van der Waals surface area contributed by atoms with Crippen LogP contribution in [0.5, 0.6) is 5.75 Å². The summed E-state index contributed by atoms with van der Waals surface area (Å²) in [6, 6.07) is 1.98. The molecule has 0 aliphatic carbocycles. The number of nitrogens with zero attached hydrogens (tertiary/aromatic N) is 1. The summed E-state index contributed by atoms with van der Waals surface area (Å²) in [5, 5.41) is 0. The number of ether oxygens (including phenoxy) is 1. The fourth-order valence-electron chi connectivity index (χ4n) is 2.13. The second kappa shape index (κ2) is 8.11. The molecule has 0 spiro atoms. The zero-order valence-corrected chi connectivity index (χ0v) is 15.5. The number of rotatable bonds is 4. The van der Waals surface area contributed by atoms with Gasteiger partial charge in [-0.25, -0.2) is 17.6 Å². The molecule has 1 aliphatic heterocycles. The molecule has 23 heavy (non-hydrogen) atoms. The maximum atomic E-state index is 14.2. The van der Waals surface area contributed by atoms with E-state index in [2.05, 4.69) is 12.7 Å². The molecule has 0 bridgehead atoms. The van der Waals surface area contributed by atoms with Crippen molar-refractivity contribution in [2.45, 2.75) is 13.3 Å². The van der Waals surface area contributed by atoms with Crippen LogP contribution in [0.2, 0.25) is 0 Å². The summed E-state index contributed by atoms with van der Waals surface area (Å²) in [5.41, 5.74) is 0.294. The molecule has 0 fully saturated rings. The normalized spacial score (nSPS) is 14.4. The van der Waals surface area contributed by atoms with Crippen LogP contribution >= 0.6 is 0 Å². The maximum Gasteiger partial charge on any atom is 0.256 e. The molecule has 0 saturated heterocycles. The van der Waals surface area contributed by atoms with Crippen LogP contribution in [0.1, 0.15) is 12.5 Å². The number of halogens is 4. The molecule has 0 aromatic heterocycles. The Morgan fingerprint density at radius 3 is 2.30 bits per heavy atom. The standard InChI is InChI=1S/C16H14F4NO.Y/c1-9-4-5-14(21(10(9)2)8-15(19)20)16-12(17)6-11(22-3)7-13(16)18;/h4,6-7,15H,2,8H2,1,3H3;/q-1;. The van der Waals surface area contributed by atoms with E-state index in [1.165, 1.54) is 13.2 Å². The molecule has 0 unspecified atom stereocenters. The predicted octanol–water partition coefficient (Wildman–Crippen LogP) is 4.16. The average Bonchev–Trinajstić information content (AvgIpc) is 2.44. The van der Waals surface area contributed by atoms with E-state index in [4.69, 9.17) is 4.74 Å². The molecule has 0 N–H and O–H groups in total. The molecule has 1 heterocycles. The van der Waals surface area contributed by atoms with Crippen molar-refractivity contribution in [2.24, 2.45) is 0 Å². The first-order chi connectivity index (χ1) is 10.3. The molecule has 7 heteroatoms. The molecule has 0 atom stereocenters. The van der Waals surface area contributed by atoms with Gasteiger partial charge in [-0.05, 0) is 11.3 Å². The van der Waals surface area contributed by atoms with Crippen molar-refractivity contribution < 1.29 is 55.0 Å². The smallest absolute Gasteiger partial charge is 0.256 e. The Kier molecular flexibility index (Phi) is 7.02. The number of alkyl halides is 2. The molecule has 1 aromatic rings. The second-order valence-electron chi connectivity index (χ2n) is 4.73. The zero-order valence-electron chi connectivity index (χ0n) is 12.7. The first-order valence-electron chi connectivity index (χ1n) is 6.43. The van der Waals surface area contributed by atoms with Crippen LogP contribution in [-0.4, -0.2) is 25.0 Å². The van der Waals surface area contributed by atoms with E-state index in [-0.39, 0.29) is 49.9 Å². The van der Waals surface area contributed by atoms with Crippen molar-refractivity contribution in [1.29, 1.82) is 0 Å². The topological polar surface area (TPSA) is 12.5 Å². The van der Waals surface area contributed by atoms with Crippen LogP contribution < -0.4 is 4.74 Å². The second-order valence-corrected chi connectivity index (χ2v) is 4.73. The van der Waals surface area contributed by atoms with Gasteiger partial charge in [0.2, 0.25) is 0 Å². The third kappa shape index (κ3) is 4.24. The molecule has 121 valence electrons. The summed E-state index contributed by atoms with van der Waals surface area (Å²) < 4.78 is 58.7. The Labute approximate surface area is 157 Å². The minimum atomic E-state index is -2.69. The number of hydrogen-bond acceptors (Lipinski definition) is 2. The van der Waals surface area contributed by atoms with Crippen LogP contribution in [-0.2, 0) is 32.7 Å². The van der Waals surface area contributed by atoms with Crippen molar-refractivity contribution in [2.75, 3.05) is 13.7 Å².